The van der Waals surface area contributed by atoms with E-state index in [1.54, 1.807) is 18.4 Å². The van der Waals surface area contributed by atoms with Gasteiger partial charge in [-0.3, -0.25) is 4.79 Å². The van der Waals surface area contributed by atoms with E-state index in [1.165, 1.54) is 6.92 Å². The summed E-state index contributed by atoms with van der Waals surface area (Å²) in [6.07, 6.45) is 1.56. The number of aromatic amines is 1. The molecule has 1 aliphatic carbocycles. The number of nitrogens with one attached hydrogen (secondary N) is 1. The minimum Gasteiger partial charge on any atom is -0.427 e. The number of rotatable bonds is 1. The molecule has 4 nitrogen and oxygen atoms in total. The third-order valence-electron chi connectivity index (χ3n) is 1.51. The van der Waals surface area contributed by atoms with E-state index in [0.717, 1.165) is 11.3 Å². The summed E-state index contributed by atoms with van der Waals surface area (Å²) in [7, 11) is 0. The lowest BCUT2D eigenvalue weighted by molar-refractivity contribution is -0.131. The standard InChI is InChI=1S/C8H7NO3/c1-5(10)12-7-2-6-4-11-9-8(6)3-7/h2-4,9H,1H3. The maximum atomic E-state index is 10.6. The number of carbonyl (C=O) groups is 1. The van der Waals surface area contributed by atoms with Gasteiger partial charge in [-0.25, -0.2) is 5.16 Å². The Bertz CT molecular complexity index is 348. The van der Waals surface area contributed by atoms with Crippen LogP contribution in [0.15, 0.2) is 22.9 Å². The van der Waals surface area contributed by atoms with Crippen molar-refractivity contribution in [2.75, 3.05) is 0 Å². The van der Waals surface area contributed by atoms with Crippen molar-refractivity contribution >= 4 is 5.97 Å². The first-order valence-corrected chi connectivity index (χ1v) is 3.50. The van der Waals surface area contributed by atoms with Crippen LogP contribution >= 0.6 is 0 Å². The van der Waals surface area contributed by atoms with Crippen LogP contribution in [0.25, 0.3) is 11.3 Å². The van der Waals surface area contributed by atoms with Crippen LogP contribution in [0.1, 0.15) is 6.92 Å². The van der Waals surface area contributed by atoms with Crippen molar-refractivity contribution in [3.8, 4) is 17.0 Å². The molecular formula is C8H7NO3. The summed E-state index contributed by atoms with van der Waals surface area (Å²) in [4.78, 5) is 10.6. The van der Waals surface area contributed by atoms with E-state index in [-0.39, 0.29) is 5.97 Å². The van der Waals surface area contributed by atoms with Crippen molar-refractivity contribution in [3.63, 3.8) is 0 Å². The molecule has 0 spiro atoms. The molecule has 0 radical (unpaired) electrons. The van der Waals surface area contributed by atoms with Crippen LogP contribution in [0.2, 0.25) is 0 Å². The number of carbonyl (C=O) groups excluding carboxylic acids is 1. The number of H-pyrrole nitrogens is 1. The normalized spacial score (nSPS) is 10.4. The van der Waals surface area contributed by atoms with Crippen molar-refractivity contribution in [1.29, 1.82) is 0 Å². The fourth-order valence-electron chi connectivity index (χ4n) is 1.07. The molecule has 0 saturated carbocycles. The smallest absolute Gasteiger partial charge is 0.308 e. The van der Waals surface area contributed by atoms with Crippen LogP contribution in [-0.2, 0) is 4.79 Å². The van der Waals surface area contributed by atoms with Gasteiger partial charge in [0.25, 0.3) is 0 Å². The lowest BCUT2D eigenvalue weighted by Gasteiger charge is -1.93. The first kappa shape index (κ1) is 6.97. The summed E-state index contributed by atoms with van der Waals surface area (Å²) in [5.74, 6) is 0.221. The highest BCUT2D eigenvalue weighted by molar-refractivity contribution is 5.73. The topological polar surface area (TPSA) is 55.2 Å². The van der Waals surface area contributed by atoms with Gasteiger partial charge < -0.3 is 9.26 Å². The quantitative estimate of drug-likeness (QED) is 0.653. The number of aromatic nitrogens is 1. The molecule has 0 aromatic carbocycles. The van der Waals surface area contributed by atoms with E-state index in [2.05, 4.69) is 5.16 Å². The molecule has 0 saturated heterocycles. The maximum Gasteiger partial charge on any atom is 0.308 e. The van der Waals surface area contributed by atoms with Gasteiger partial charge >= 0.3 is 5.97 Å². The number of fused-ring (bicyclic) bond motifs is 1. The van der Waals surface area contributed by atoms with Crippen LogP contribution in [0.4, 0.5) is 0 Å². The largest absolute Gasteiger partial charge is 0.427 e. The predicted octanol–water partition coefficient (Wildman–Crippen LogP) is 1.64. The van der Waals surface area contributed by atoms with Crippen LogP contribution < -0.4 is 4.74 Å². The zero-order valence-corrected chi connectivity index (χ0v) is 6.46. The Morgan fingerprint density at radius 2 is 2.42 bits per heavy atom. The number of esters is 1. The van der Waals surface area contributed by atoms with Crippen molar-refractivity contribution < 1.29 is 14.1 Å². The van der Waals surface area contributed by atoms with Gasteiger partial charge in [-0.15, -0.1) is 0 Å². The average Bonchev–Trinajstić information content (AvgIpc) is 2.43. The van der Waals surface area contributed by atoms with E-state index in [1.807, 2.05) is 0 Å². The van der Waals surface area contributed by atoms with Gasteiger partial charge in [0, 0.05) is 18.6 Å². The molecule has 1 heterocycles. The predicted molar refractivity (Wildman–Crippen MR) is 41.0 cm³/mol. The fraction of sp³-hybridized carbons (Fsp3) is 0.125. The Morgan fingerprint density at radius 3 is 3.08 bits per heavy atom. The van der Waals surface area contributed by atoms with E-state index in [9.17, 15) is 4.79 Å². The summed E-state index contributed by atoms with van der Waals surface area (Å²) in [6, 6.07) is 3.44. The first-order chi connectivity index (χ1) is 5.75. The molecule has 2 aliphatic rings. The third kappa shape index (κ3) is 1.07. The lowest BCUT2D eigenvalue weighted by Crippen LogP contribution is -1.99. The molecule has 0 aromatic heterocycles. The Labute approximate surface area is 68.4 Å². The van der Waals surface area contributed by atoms with E-state index in [0.29, 0.717) is 5.75 Å². The summed E-state index contributed by atoms with van der Waals surface area (Å²) in [6.45, 7) is 1.37. The molecule has 0 unspecified atom stereocenters. The van der Waals surface area contributed by atoms with Crippen LogP contribution in [0.5, 0.6) is 5.75 Å². The third-order valence-corrected chi connectivity index (χ3v) is 1.51. The van der Waals surface area contributed by atoms with Crippen molar-refractivity contribution in [2.45, 2.75) is 6.92 Å². The minimum absolute atomic E-state index is 0.320. The second-order valence-electron chi connectivity index (χ2n) is 2.49. The summed E-state index contributed by atoms with van der Waals surface area (Å²) >= 11 is 0. The monoisotopic (exact) mass is 165 g/mol. The highest BCUT2D eigenvalue weighted by Gasteiger charge is 2.10. The van der Waals surface area contributed by atoms with E-state index >= 15 is 0 Å². The van der Waals surface area contributed by atoms with Crippen LogP contribution in [-0.4, -0.2) is 11.1 Å². The summed E-state index contributed by atoms with van der Waals surface area (Å²) in [5, 5.41) is 2.65. The molecule has 4 heteroatoms. The minimum atomic E-state index is -0.320. The number of ether oxygens (including phenoxy) is 1. The molecular weight excluding hydrogens is 158 g/mol. The number of hydrogen-bond acceptors (Lipinski definition) is 3. The van der Waals surface area contributed by atoms with E-state index in [4.69, 9.17) is 9.26 Å². The zero-order valence-electron chi connectivity index (χ0n) is 6.46. The van der Waals surface area contributed by atoms with Gasteiger partial charge in [0.15, 0.2) is 0 Å². The number of hydrogen-bond donors (Lipinski definition) is 1. The Kier molecular flexibility index (Phi) is 1.40. The first-order valence-electron chi connectivity index (χ1n) is 3.50. The summed E-state index contributed by atoms with van der Waals surface area (Å²) < 4.78 is 9.66. The Morgan fingerprint density at radius 1 is 1.58 bits per heavy atom. The van der Waals surface area contributed by atoms with Crippen molar-refractivity contribution in [2.24, 2.45) is 0 Å². The van der Waals surface area contributed by atoms with Gasteiger partial charge in [-0.05, 0) is 6.07 Å². The molecule has 0 fully saturated rings. The molecule has 12 heavy (non-hydrogen) atoms. The van der Waals surface area contributed by atoms with Crippen molar-refractivity contribution in [1.82, 2.24) is 5.16 Å². The Hall–Kier alpha value is -1.71. The molecule has 62 valence electrons. The zero-order chi connectivity index (χ0) is 8.55. The van der Waals surface area contributed by atoms with Crippen molar-refractivity contribution in [3.05, 3.63) is 18.4 Å². The molecule has 1 aliphatic heterocycles. The van der Waals surface area contributed by atoms with Gasteiger partial charge in [0.05, 0.1) is 5.69 Å². The van der Waals surface area contributed by atoms with E-state index < -0.39 is 0 Å². The molecule has 0 atom stereocenters. The lowest BCUT2D eigenvalue weighted by atomic mass is 10.3. The van der Waals surface area contributed by atoms with Crippen LogP contribution in [0.3, 0.4) is 0 Å². The highest BCUT2D eigenvalue weighted by atomic mass is 16.5. The SMILES string of the molecule is CC(=O)Oc1cc2co[nH]c-2c1. The van der Waals surface area contributed by atoms with Gasteiger partial charge in [0.1, 0.15) is 12.0 Å². The van der Waals surface area contributed by atoms with Crippen LogP contribution in [0, 0.1) is 0 Å². The summed E-state index contributed by atoms with van der Waals surface area (Å²) in [5.41, 5.74) is 1.72. The van der Waals surface area contributed by atoms with Gasteiger partial charge in [-0.2, -0.15) is 0 Å². The highest BCUT2D eigenvalue weighted by Crippen LogP contribution is 2.29. The molecule has 0 amide bonds. The molecule has 0 bridgehead atoms. The Balaban J connectivity index is 2.33. The molecule has 2 rings (SSSR count). The second-order valence-corrected chi connectivity index (χ2v) is 2.49. The van der Waals surface area contributed by atoms with Gasteiger partial charge in [0.2, 0.25) is 0 Å². The maximum absolute atomic E-state index is 10.6. The molecule has 1 N–H and O–H groups in total. The average molecular weight is 165 g/mol. The van der Waals surface area contributed by atoms with Gasteiger partial charge in [-0.1, -0.05) is 0 Å². The molecule has 0 aromatic rings. The second kappa shape index (κ2) is 2.41. The fourth-order valence-corrected chi connectivity index (χ4v) is 1.07.